The van der Waals surface area contributed by atoms with Crippen LogP contribution in [0.4, 0.5) is 5.69 Å². The molecule has 2 aromatic carbocycles. The third-order valence-electron chi connectivity index (χ3n) is 2.67. The molecule has 0 aliphatic carbocycles. The molecule has 0 unspecified atom stereocenters. The molecule has 0 bridgehead atoms. The first-order valence-electron chi connectivity index (χ1n) is 6.04. The minimum atomic E-state index is -1.08. The zero-order valence-electron chi connectivity index (χ0n) is 10.9. The minimum absolute atomic E-state index is 0.0381. The van der Waals surface area contributed by atoms with Crippen LogP contribution >= 0.6 is 11.6 Å². The summed E-state index contributed by atoms with van der Waals surface area (Å²) in [5.41, 5.74) is 1.33. The molecule has 3 N–H and O–H groups in total. The van der Waals surface area contributed by atoms with Crippen LogP contribution in [0.5, 0.6) is 0 Å². The number of carboxylic acid groups (broad SMARTS) is 1. The molecule has 2 rings (SSSR count). The van der Waals surface area contributed by atoms with Gasteiger partial charge in [-0.1, -0.05) is 41.9 Å². The number of anilines is 1. The van der Waals surface area contributed by atoms with E-state index in [2.05, 4.69) is 10.3 Å². The summed E-state index contributed by atoms with van der Waals surface area (Å²) in [5.74, 6) is -0.956. The van der Waals surface area contributed by atoms with E-state index in [4.69, 9.17) is 22.1 Å². The summed E-state index contributed by atoms with van der Waals surface area (Å²) < 4.78 is 0. The van der Waals surface area contributed by atoms with Crippen molar-refractivity contribution in [3.63, 3.8) is 0 Å². The molecule has 21 heavy (non-hydrogen) atoms. The minimum Gasteiger partial charge on any atom is -0.478 e. The first kappa shape index (κ1) is 14.7. The van der Waals surface area contributed by atoms with Crippen LogP contribution in [0.2, 0.25) is 5.02 Å². The Bertz CT molecular complexity index is 699. The van der Waals surface area contributed by atoms with E-state index in [1.807, 2.05) is 18.2 Å². The molecular weight excluding hydrogens is 290 g/mol. The number of rotatable bonds is 4. The molecule has 5 nitrogen and oxygen atoms in total. The van der Waals surface area contributed by atoms with Gasteiger partial charge in [0.15, 0.2) is 5.84 Å². The average molecular weight is 302 g/mol. The van der Waals surface area contributed by atoms with Crippen LogP contribution in [-0.4, -0.2) is 23.2 Å². The van der Waals surface area contributed by atoms with Crippen LogP contribution in [0, 0.1) is 5.41 Å². The normalized spacial score (nSPS) is 10.5. The summed E-state index contributed by atoms with van der Waals surface area (Å²) in [6.07, 6.45) is 1.36. The summed E-state index contributed by atoms with van der Waals surface area (Å²) in [7, 11) is 0. The van der Waals surface area contributed by atoms with Gasteiger partial charge in [0.2, 0.25) is 0 Å². The molecule has 6 heteroatoms. The van der Waals surface area contributed by atoms with Crippen LogP contribution in [0.25, 0.3) is 0 Å². The van der Waals surface area contributed by atoms with Crippen LogP contribution in [-0.2, 0) is 0 Å². The van der Waals surface area contributed by atoms with Crippen molar-refractivity contribution in [2.45, 2.75) is 0 Å². The molecule has 0 saturated carbocycles. The van der Waals surface area contributed by atoms with E-state index in [0.717, 1.165) is 0 Å². The SMILES string of the molecule is N=C(/N=C\Nc1ccc(C(=O)O)c(Cl)c1)c1ccccc1. The van der Waals surface area contributed by atoms with Crippen LogP contribution < -0.4 is 5.32 Å². The molecule has 106 valence electrons. The summed E-state index contributed by atoms with van der Waals surface area (Å²) in [4.78, 5) is 14.8. The lowest BCUT2D eigenvalue weighted by Gasteiger charge is -2.03. The number of aliphatic imine (C=N–C) groups is 1. The second kappa shape index (κ2) is 6.67. The van der Waals surface area contributed by atoms with Gasteiger partial charge < -0.3 is 10.4 Å². The van der Waals surface area contributed by atoms with E-state index < -0.39 is 5.97 Å². The van der Waals surface area contributed by atoms with Gasteiger partial charge in [0.25, 0.3) is 0 Å². The molecule has 2 aromatic rings. The van der Waals surface area contributed by atoms with E-state index in [-0.39, 0.29) is 16.4 Å². The van der Waals surface area contributed by atoms with Gasteiger partial charge in [-0.25, -0.2) is 9.79 Å². The highest BCUT2D eigenvalue weighted by Crippen LogP contribution is 2.20. The number of hydrogen-bond donors (Lipinski definition) is 3. The molecule has 0 radical (unpaired) electrons. The van der Waals surface area contributed by atoms with Gasteiger partial charge in [-0.15, -0.1) is 0 Å². The number of benzene rings is 2. The number of carboxylic acids is 1. The van der Waals surface area contributed by atoms with E-state index >= 15 is 0 Å². The van der Waals surface area contributed by atoms with E-state index in [1.165, 1.54) is 18.5 Å². The van der Waals surface area contributed by atoms with Crippen molar-refractivity contribution in [1.29, 1.82) is 5.41 Å². The maximum atomic E-state index is 10.8. The van der Waals surface area contributed by atoms with Crippen molar-refractivity contribution in [2.24, 2.45) is 4.99 Å². The summed E-state index contributed by atoms with van der Waals surface area (Å²) in [6.45, 7) is 0. The second-order valence-corrected chi connectivity index (χ2v) is 4.52. The predicted molar refractivity (Wildman–Crippen MR) is 83.8 cm³/mol. The quantitative estimate of drug-likeness (QED) is 0.596. The first-order chi connectivity index (χ1) is 10.1. The lowest BCUT2D eigenvalue weighted by Crippen LogP contribution is -2.02. The molecule has 0 saturated heterocycles. The number of nitrogens with zero attached hydrogens (tertiary/aromatic N) is 1. The lowest BCUT2D eigenvalue weighted by atomic mass is 10.2. The fourth-order valence-electron chi connectivity index (χ4n) is 1.62. The Labute approximate surface area is 126 Å². The molecule has 0 fully saturated rings. The van der Waals surface area contributed by atoms with Crippen molar-refractivity contribution in [3.8, 4) is 0 Å². The molecule has 0 amide bonds. The Morgan fingerprint density at radius 1 is 1.24 bits per heavy atom. The Hall–Kier alpha value is -2.66. The highest BCUT2D eigenvalue weighted by Gasteiger charge is 2.08. The molecule has 0 heterocycles. The van der Waals surface area contributed by atoms with Gasteiger partial charge in [-0.2, -0.15) is 0 Å². The largest absolute Gasteiger partial charge is 0.478 e. The van der Waals surface area contributed by atoms with Crippen LogP contribution in [0.15, 0.2) is 53.5 Å². The van der Waals surface area contributed by atoms with Crippen LogP contribution in [0.3, 0.4) is 0 Å². The third kappa shape index (κ3) is 3.90. The highest BCUT2D eigenvalue weighted by molar-refractivity contribution is 6.33. The second-order valence-electron chi connectivity index (χ2n) is 4.12. The van der Waals surface area contributed by atoms with Crippen molar-refractivity contribution < 1.29 is 9.90 Å². The van der Waals surface area contributed by atoms with E-state index in [1.54, 1.807) is 18.2 Å². The smallest absolute Gasteiger partial charge is 0.337 e. The molecule has 0 atom stereocenters. The van der Waals surface area contributed by atoms with Gasteiger partial charge in [0.1, 0.15) is 0 Å². The summed E-state index contributed by atoms with van der Waals surface area (Å²) >= 11 is 5.85. The Morgan fingerprint density at radius 2 is 1.95 bits per heavy atom. The standard InChI is InChI=1S/C15H12ClN3O2/c16-13-8-11(6-7-12(13)15(20)21)18-9-19-14(17)10-4-2-1-3-5-10/h1-9H,(H,20,21)(H2,17,18,19). The Morgan fingerprint density at radius 3 is 2.57 bits per heavy atom. The van der Waals surface area contributed by atoms with Gasteiger partial charge in [0.05, 0.1) is 16.9 Å². The van der Waals surface area contributed by atoms with E-state index in [0.29, 0.717) is 11.3 Å². The van der Waals surface area contributed by atoms with Crippen LogP contribution in [0.1, 0.15) is 15.9 Å². The molecule has 0 aliphatic rings. The van der Waals surface area contributed by atoms with Crippen molar-refractivity contribution >= 4 is 35.4 Å². The number of carbonyl (C=O) groups is 1. The summed E-state index contributed by atoms with van der Waals surface area (Å²) in [5, 5.41) is 19.6. The fourth-order valence-corrected chi connectivity index (χ4v) is 1.88. The van der Waals surface area contributed by atoms with E-state index in [9.17, 15) is 4.79 Å². The summed E-state index contributed by atoms with van der Waals surface area (Å²) in [6, 6.07) is 13.6. The fraction of sp³-hybridized carbons (Fsp3) is 0. The van der Waals surface area contributed by atoms with Gasteiger partial charge in [-0.05, 0) is 18.2 Å². The zero-order valence-corrected chi connectivity index (χ0v) is 11.6. The maximum absolute atomic E-state index is 10.8. The number of aromatic carboxylic acids is 1. The van der Waals surface area contributed by atoms with Gasteiger partial charge >= 0.3 is 5.97 Å². The van der Waals surface area contributed by atoms with Crippen molar-refractivity contribution in [3.05, 3.63) is 64.7 Å². The van der Waals surface area contributed by atoms with Crippen molar-refractivity contribution in [2.75, 3.05) is 5.32 Å². The lowest BCUT2D eigenvalue weighted by molar-refractivity contribution is 0.0697. The Kier molecular flexibility index (Phi) is 4.68. The number of amidine groups is 1. The predicted octanol–water partition coefficient (Wildman–Crippen LogP) is 3.50. The monoisotopic (exact) mass is 301 g/mol. The zero-order chi connectivity index (χ0) is 15.2. The number of halogens is 1. The number of nitrogens with one attached hydrogen (secondary N) is 2. The molecule has 0 spiro atoms. The highest BCUT2D eigenvalue weighted by atomic mass is 35.5. The van der Waals surface area contributed by atoms with Crippen molar-refractivity contribution in [1.82, 2.24) is 0 Å². The molecular formula is C15H12ClN3O2. The number of hydrogen-bond acceptors (Lipinski definition) is 2. The topological polar surface area (TPSA) is 85.5 Å². The van der Waals surface area contributed by atoms with Gasteiger partial charge in [-0.3, -0.25) is 5.41 Å². The molecule has 0 aromatic heterocycles. The van der Waals surface area contributed by atoms with Gasteiger partial charge in [0, 0.05) is 11.3 Å². The molecule has 0 aliphatic heterocycles. The average Bonchev–Trinajstić information content (AvgIpc) is 2.47. The third-order valence-corrected chi connectivity index (χ3v) is 2.98. The first-order valence-corrected chi connectivity index (χ1v) is 6.41. The maximum Gasteiger partial charge on any atom is 0.337 e. The Balaban J connectivity index is 2.03.